The van der Waals surface area contributed by atoms with Crippen LogP contribution in [0.5, 0.6) is 0 Å². The number of rotatable bonds is 3. The van der Waals surface area contributed by atoms with Crippen molar-refractivity contribution in [3.8, 4) is 0 Å². The average Bonchev–Trinajstić information content (AvgIpc) is 1.99. The average molecular weight is 184 g/mol. The Balaban J connectivity index is 2.45. The first kappa shape index (κ1) is 10.3. The van der Waals surface area contributed by atoms with Gasteiger partial charge in [-0.2, -0.15) is 0 Å². The summed E-state index contributed by atoms with van der Waals surface area (Å²) in [4.78, 5) is 11.2. The molecule has 1 rings (SSSR count). The number of esters is 1. The van der Waals surface area contributed by atoms with Crippen LogP contribution in [0.1, 0.15) is 20.8 Å². The number of hydrogen-bond donors (Lipinski definition) is 0. The molecule has 1 atom stereocenters. The van der Waals surface area contributed by atoms with Crippen molar-refractivity contribution in [3.63, 3.8) is 0 Å². The molecule has 0 amide bonds. The Kier molecular flexibility index (Phi) is 2.76. The summed E-state index contributed by atoms with van der Waals surface area (Å²) in [7, 11) is 0. The van der Waals surface area contributed by atoms with Crippen LogP contribution in [0.2, 0.25) is 0 Å². The summed E-state index contributed by atoms with van der Waals surface area (Å²) < 4.78 is 10.3. The van der Waals surface area contributed by atoms with Crippen LogP contribution in [0.15, 0.2) is 12.2 Å². The molecule has 1 saturated heterocycles. The Bertz CT molecular complexity index is 228. The fourth-order valence-electron chi connectivity index (χ4n) is 1.06. The summed E-state index contributed by atoms with van der Waals surface area (Å²) in [5, 5.41) is 0. The zero-order valence-electron chi connectivity index (χ0n) is 8.42. The van der Waals surface area contributed by atoms with E-state index < -0.39 is 0 Å². The second-order valence-corrected chi connectivity index (χ2v) is 3.97. The van der Waals surface area contributed by atoms with Crippen LogP contribution in [-0.4, -0.2) is 25.3 Å². The molecule has 1 heterocycles. The van der Waals surface area contributed by atoms with Gasteiger partial charge < -0.3 is 9.47 Å². The fourth-order valence-corrected chi connectivity index (χ4v) is 1.06. The topological polar surface area (TPSA) is 35.5 Å². The Hall–Kier alpha value is -0.830. The van der Waals surface area contributed by atoms with E-state index >= 15 is 0 Å². The zero-order chi connectivity index (χ0) is 10.1. The van der Waals surface area contributed by atoms with Crippen LogP contribution in [0.25, 0.3) is 0 Å². The summed E-state index contributed by atoms with van der Waals surface area (Å²) in [5.74, 6) is -0.319. The van der Waals surface area contributed by atoms with Crippen LogP contribution in [-0.2, 0) is 14.3 Å². The summed E-state index contributed by atoms with van der Waals surface area (Å²) in [6.45, 7) is 10.4. The minimum Gasteiger partial charge on any atom is -0.459 e. The fraction of sp³-hybridized carbons (Fsp3) is 0.700. The Morgan fingerprint density at radius 2 is 2.15 bits per heavy atom. The molecule has 0 radical (unpaired) electrons. The van der Waals surface area contributed by atoms with Gasteiger partial charge in [0.1, 0.15) is 6.10 Å². The van der Waals surface area contributed by atoms with Gasteiger partial charge in [-0.3, -0.25) is 0 Å². The molecule has 1 fully saturated rings. The van der Waals surface area contributed by atoms with E-state index in [1.54, 1.807) is 6.92 Å². The predicted octanol–water partition coefficient (Wildman–Crippen LogP) is 1.53. The third kappa shape index (κ3) is 2.10. The largest absolute Gasteiger partial charge is 0.459 e. The second-order valence-electron chi connectivity index (χ2n) is 3.97. The maximum atomic E-state index is 11.2. The van der Waals surface area contributed by atoms with Gasteiger partial charge in [-0.1, -0.05) is 13.5 Å². The van der Waals surface area contributed by atoms with E-state index in [4.69, 9.17) is 9.47 Å². The minimum absolute atomic E-state index is 0.00882. The Labute approximate surface area is 78.7 Å². The summed E-state index contributed by atoms with van der Waals surface area (Å²) in [5.41, 5.74) is 0.432. The monoisotopic (exact) mass is 184 g/mol. The van der Waals surface area contributed by atoms with Crippen molar-refractivity contribution in [1.29, 1.82) is 0 Å². The highest BCUT2D eigenvalue weighted by molar-refractivity contribution is 5.87. The van der Waals surface area contributed by atoms with Crippen LogP contribution < -0.4 is 0 Å². The van der Waals surface area contributed by atoms with Crippen LogP contribution in [0.3, 0.4) is 0 Å². The van der Waals surface area contributed by atoms with E-state index in [1.807, 2.05) is 13.8 Å². The van der Waals surface area contributed by atoms with Gasteiger partial charge in [0.25, 0.3) is 0 Å². The number of carbonyl (C=O) groups is 1. The first-order valence-electron chi connectivity index (χ1n) is 4.40. The standard InChI is InChI=1S/C10H16O3/c1-7(2)9(11)13-8(3)10(4)5-12-6-10/h8H,1,5-6H2,2-4H3. The number of hydrogen-bond acceptors (Lipinski definition) is 3. The van der Waals surface area contributed by atoms with Crippen molar-refractivity contribution in [3.05, 3.63) is 12.2 Å². The number of carbonyl (C=O) groups excluding carboxylic acids is 1. The van der Waals surface area contributed by atoms with E-state index in [2.05, 4.69) is 6.58 Å². The first-order valence-corrected chi connectivity index (χ1v) is 4.40. The smallest absolute Gasteiger partial charge is 0.333 e. The van der Waals surface area contributed by atoms with E-state index in [9.17, 15) is 4.79 Å². The molecule has 0 saturated carbocycles. The molecule has 3 heteroatoms. The van der Waals surface area contributed by atoms with Crippen molar-refractivity contribution in [2.45, 2.75) is 26.9 Å². The SMILES string of the molecule is C=C(C)C(=O)OC(C)C1(C)COC1. The molecule has 0 bridgehead atoms. The highest BCUT2D eigenvalue weighted by Crippen LogP contribution is 2.32. The van der Waals surface area contributed by atoms with Crippen molar-refractivity contribution in [2.75, 3.05) is 13.2 Å². The molecule has 1 unspecified atom stereocenters. The molecule has 0 aromatic carbocycles. The van der Waals surface area contributed by atoms with Gasteiger partial charge in [0.15, 0.2) is 0 Å². The van der Waals surface area contributed by atoms with Crippen molar-refractivity contribution in [2.24, 2.45) is 5.41 Å². The van der Waals surface area contributed by atoms with Crippen LogP contribution >= 0.6 is 0 Å². The number of ether oxygens (including phenoxy) is 2. The lowest BCUT2D eigenvalue weighted by atomic mass is 9.83. The van der Waals surface area contributed by atoms with Crippen LogP contribution in [0.4, 0.5) is 0 Å². The van der Waals surface area contributed by atoms with Gasteiger partial charge in [0.2, 0.25) is 0 Å². The van der Waals surface area contributed by atoms with E-state index in [0.29, 0.717) is 18.8 Å². The normalized spacial score (nSPS) is 21.5. The Morgan fingerprint density at radius 3 is 2.46 bits per heavy atom. The molecule has 0 aromatic heterocycles. The highest BCUT2D eigenvalue weighted by Gasteiger charge is 2.41. The van der Waals surface area contributed by atoms with Gasteiger partial charge in [-0.05, 0) is 13.8 Å². The second kappa shape index (κ2) is 3.50. The molecular formula is C10H16O3. The molecule has 1 aliphatic rings. The quantitative estimate of drug-likeness (QED) is 0.493. The molecule has 13 heavy (non-hydrogen) atoms. The van der Waals surface area contributed by atoms with Gasteiger partial charge in [-0.25, -0.2) is 4.79 Å². The van der Waals surface area contributed by atoms with Gasteiger partial charge in [0, 0.05) is 5.57 Å². The lowest BCUT2D eigenvalue weighted by Gasteiger charge is -2.42. The highest BCUT2D eigenvalue weighted by atomic mass is 16.6. The molecular weight excluding hydrogens is 168 g/mol. The molecule has 0 aliphatic carbocycles. The van der Waals surface area contributed by atoms with E-state index in [1.165, 1.54) is 0 Å². The van der Waals surface area contributed by atoms with E-state index in [-0.39, 0.29) is 17.5 Å². The molecule has 1 aliphatic heterocycles. The third-order valence-corrected chi connectivity index (χ3v) is 2.48. The lowest BCUT2D eigenvalue weighted by Crippen LogP contribution is -2.49. The summed E-state index contributed by atoms with van der Waals surface area (Å²) in [6.07, 6.45) is -0.106. The van der Waals surface area contributed by atoms with Gasteiger partial charge in [0.05, 0.1) is 18.6 Å². The molecule has 3 nitrogen and oxygen atoms in total. The lowest BCUT2D eigenvalue weighted by molar-refractivity contribution is -0.182. The molecule has 74 valence electrons. The maximum Gasteiger partial charge on any atom is 0.333 e. The van der Waals surface area contributed by atoms with Gasteiger partial charge >= 0.3 is 5.97 Å². The molecule has 0 aromatic rings. The van der Waals surface area contributed by atoms with Crippen molar-refractivity contribution in [1.82, 2.24) is 0 Å². The van der Waals surface area contributed by atoms with Gasteiger partial charge in [-0.15, -0.1) is 0 Å². The third-order valence-electron chi connectivity index (χ3n) is 2.48. The van der Waals surface area contributed by atoms with E-state index in [0.717, 1.165) is 0 Å². The van der Waals surface area contributed by atoms with Crippen LogP contribution in [0, 0.1) is 5.41 Å². The van der Waals surface area contributed by atoms with Crippen molar-refractivity contribution >= 4 is 5.97 Å². The summed E-state index contributed by atoms with van der Waals surface area (Å²) >= 11 is 0. The summed E-state index contributed by atoms with van der Waals surface area (Å²) in [6, 6.07) is 0. The first-order chi connectivity index (χ1) is 5.96. The maximum absolute atomic E-state index is 11.2. The zero-order valence-corrected chi connectivity index (χ0v) is 8.42. The molecule has 0 N–H and O–H groups in total. The Morgan fingerprint density at radius 1 is 1.62 bits per heavy atom. The predicted molar refractivity (Wildman–Crippen MR) is 49.3 cm³/mol. The molecule has 0 spiro atoms. The van der Waals surface area contributed by atoms with Crippen molar-refractivity contribution < 1.29 is 14.3 Å². The minimum atomic E-state index is -0.319.